The van der Waals surface area contributed by atoms with Crippen molar-refractivity contribution in [2.24, 2.45) is 5.92 Å². The van der Waals surface area contributed by atoms with Gasteiger partial charge in [0.25, 0.3) is 0 Å². The molecular weight excluding hydrogens is 292 g/mol. The monoisotopic (exact) mass is 314 g/mol. The van der Waals surface area contributed by atoms with Crippen LogP contribution in [0.25, 0.3) is 6.08 Å². The lowest BCUT2D eigenvalue weighted by atomic mass is 9.98. The summed E-state index contributed by atoms with van der Waals surface area (Å²) in [5, 5.41) is 9.48. The van der Waals surface area contributed by atoms with Crippen LogP contribution in [0.2, 0.25) is 0 Å². The van der Waals surface area contributed by atoms with Crippen molar-refractivity contribution >= 4 is 12.0 Å². The van der Waals surface area contributed by atoms with E-state index in [2.05, 4.69) is 11.0 Å². The molecule has 5 heteroatoms. The van der Waals surface area contributed by atoms with Crippen LogP contribution in [0.5, 0.6) is 0 Å². The fourth-order valence-electron chi connectivity index (χ4n) is 2.59. The number of nitrogens with zero attached hydrogens (tertiary/aromatic N) is 2. The zero-order valence-corrected chi connectivity index (χ0v) is 13.4. The Hall–Kier alpha value is -2.16. The Balaban J connectivity index is 2.21. The number of carbonyl (C=O) groups excluding carboxylic acids is 1. The number of hydrogen-bond acceptors (Lipinski definition) is 5. The van der Waals surface area contributed by atoms with E-state index < -0.39 is 11.9 Å². The minimum absolute atomic E-state index is 0.273. The lowest BCUT2D eigenvalue weighted by molar-refractivity contribution is -0.148. The Morgan fingerprint density at radius 1 is 1.39 bits per heavy atom. The molecule has 0 spiro atoms. The molecule has 1 saturated heterocycles. The molecule has 0 unspecified atom stereocenters. The fraction of sp³-hybridized carbons (Fsp3) is 0.444. The van der Waals surface area contributed by atoms with E-state index in [1.54, 1.807) is 6.92 Å². The summed E-state index contributed by atoms with van der Waals surface area (Å²) < 4.78 is 10.4. The standard InChI is InChI=1S/C18H22N2O3/c1-2-23-18(21)16(14-19)17(20-10-12-22-13-11-20)9-8-15-6-4-3-5-7-15/h3-9,16-17H,2,10-13H2,1H3/b9-8+/t16-,17-/m1/s1. The van der Waals surface area contributed by atoms with Gasteiger partial charge in [0, 0.05) is 13.1 Å². The number of carbonyl (C=O) groups is 1. The Morgan fingerprint density at radius 2 is 2.09 bits per heavy atom. The average Bonchev–Trinajstić information content (AvgIpc) is 2.60. The van der Waals surface area contributed by atoms with E-state index in [1.165, 1.54) is 0 Å². The molecule has 0 saturated carbocycles. The summed E-state index contributed by atoms with van der Waals surface area (Å²) in [4.78, 5) is 14.2. The number of rotatable bonds is 6. The highest BCUT2D eigenvalue weighted by molar-refractivity contribution is 5.77. The van der Waals surface area contributed by atoms with Crippen LogP contribution >= 0.6 is 0 Å². The van der Waals surface area contributed by atoms with E-state index in [1.807, 2.05) is 42.5 Å². The maximum atomic E-state index is 12.1. The molecule has 0 bridgehead atoms. The van der Waals surface area contributed by atoms with Crippen molar-refractivity contribution in [1.29, 1.82) is 5.26 Å². The van der Waals surface area contributed by atoms with Crippen molar-refractivity contribution in [3.05, 3.63) is 42.0 Å². The molecule has 0 radical (unpaired) electrons. The number of morpholine rings is 1. The molecule has 1 aliphatic rings. The molecule has 1 heterocycles. The van der Waals surface area contributed by atoms with Gasteiger partial charge in [-0.3, -0.25) is 9.69 Å². The molecule has 1 aromatic rings. The van der Waals surface area contributed by atoms with Gasteiger partial charge in [0.15, 0.2) is 5.92 Å². The predicted octanol–water partition coefficient (Wildman–Crippen LogP) is 2.10. The van der Waals surface area contributed by atoms with Gasteiger partial charge in [0.05, 0.1) is 31.9 Å². The first-order valence-corrected chi connectivity index (χ1v) is 7.87. The Labute approximate surface area is 137 Å². The van der Waals surface area contributed by atoms with Crippen molar-refractivity contribution < 1.29 is 14.3 Å². The molecular formula is C18H22N2O3. The van der Waals surface area contributed by atoms with Gasteiger partial charge in [0.1, 0.15) is 0 Å². The summed E-state index contributed by atoms with van der Waals surface area (Å²) in [7, 11) is 0. The molecule has 0 aliphatic carbocycles. The molecule has 23 heavy (non-hydrogen) atoms. The van der Waals surface area contributed by atoms with E-state index in [4.69, 9.17) is 9.47 Å². The zero-order valence-electron chi connectivity index (χ0n) is 13.4. The predicted molar refractivity (Wildman–Crippen MR) is 87.4 cm³/mol. The van der Waals surface area contributed by atoms with Crippen LogP contribution in [0.3, 0.4) is 0 Å². The number of esters is 1. The van der Waals surface area contributed by atoms with Gasteiger partial charge in [0.2, 0.25) is 0 Å². The van der Waals surface area contributed by atoms with E-state index >= 15 is 0 Å². The largest absolute Gasteiger partial charge is 0.465 e. The van der Waals surface area contributed by atoms with Crippen LogP contribution in [-0.4, -0.2) is 49.8 Å². The van der Waals surface area contributed by atoms with Crippen molar-refractivity contribution in [1.82, 2.24) is 4.90 Å². The molecule has 1 aliphatic heterocycles. The Morgan fingerprint density at radius 3 is 2.70 bits per heavy atom. The highest BCUT2D eigenvalue weighted by Gasteiger charge is 2.33. The molecule has 5 nitrogen and oxygen atoms in total. The van der Waals surface area contributed by atoms with Crippen molar-refractivity contribution in [2.75, 3.05) is 32.9 Å². The minimum atomic E-state index is -0.840. The lowest BCUT2D eigenvalue weighted by Gasteiger charge is -2.34. The summed E-state index contributed by atoms with van der Waals surface area (Å²) in [6.07, 6.45) is 3.87. The van der Waals surface area contributed by atoms with Crippen molar-refractivity contribution in [3.8, 4) is 6.07 Å². The number of ether oxygens (including phenoxy) is 2. The van der Waals surface area contributed by atoms with Gasteiger partial charge in [-0.05, 0) is 12.5 Å². The second-order valence-corrected chi connectivity index (χ2v) is 5.27. The number of nitriles is 1. The van der Waals surface area contributed by atoms with Gasteiger partial charge in [-0.15, -0.1) is 0 Å². The molecule has 0 aromatic heterocycles. The molecule has 1 fully saturated rings. The second kappa shape index (κ2) is 9.09. The molecule has 0 N–H and O–H groups in total. The third-order valence-corrected chi connectivity index (χ3v) is 3.77. The zero-order chi connectivity index (χ0) is 16.5. The maximum absolute atomic E-state index is 12.1. The molecule has 2 rings (SSSR count). The van der Waals surface area contributed by atoms with Crippen LogP contribution in [-0.2, 0) is 14.3 Å². The Bertz CT molecular complexity index is 559. The van der Waals surface area contributed by atoms with Crippen molar-refractivity contribution in [3.63, 3.8) is 0 Å². The van der Waals surface area contributed by atoms with Crippen LogP contribution in [0, 0.1) is 17.2 Å². The van der Waals surface area contributed by atoms with Crippen LogP contribution < -0.4 is 0 Å². The average molecular weight is 314 g/mol. The first kappa shape index (κ1) is 17.2. The normalized spacial score (nSPS) is 18.3. The Kier molecular flexibility index (Phi) is 6.79. The fourth-order valence-corrected chi connectivity index (χ4v) is 2.59. The quantitative estimate of drug-likeness (QED) is 0.753. The van der Waals surface area contributed by atoms with Gasteiger partial charge in [-0.1, -0.05) is 42.5 Å². The van der Waals surface area contributed by atoms with E-state index in [-0.39, 0.29) is 12.6 Å². The van der Waals surface area contributed by atoms with Gasteiger partial charge < -0.3 is 9.47 Å². The summed E-state index contributed by atoms with van der Waals surface area (Å²) >= 11 is 0. The molecule has 122 valence electrons. The SMILES string of the molecule is CCOC(=O)[C@H](C#N)[C@@H](/C=C/c1ccccc1)N1CCOCC1. The van der Waals surface area contributed by atoms with Gasteiger partial charge in [-0.25, -0.2) is 0 Å². The van der Waals surface area contributed by atoms with Crippen LogP contribution in [0.1, 0.15) is 12.5 Å². The van der Waals surface area contributed by atoms with Crippen molar-refractivity contribution in [2.45, 2.75) is 13.0 Å². The second-order valence-electron chi connectivity index (χ2n) is 5.27. The first-order valence-electron chi connectivity index (χ1n) is 7.87. The summed E-state index contributed by atoms with van der Waals surface area (Å²) in [6, 6.07) is 11.6. The topological polar surface area (TPSA) is 62.6 Å². The smallest absolute Gasteiger partial charge is 0.325 e. The van der Waals surface area contributed by atoms with Gasteiger partial charge >= 0.3 is 5.97 Å². The van der Waals surface area contributed by atoms with E-state index in [0.717, 1.165) is 5.56 Å². The number of hydrogen-bond donors (Lipinski definition) is 0. The lowest BCUT2D eigenvalue weighted by Crippen LogP contribution is -2.48. The first-order chi connectivity index (χ1) is 11.3. The highest BCUT2D eigenvalue weighted by atomic mass is 16.5. The van der Waals surface area contributed by atoms with E-state index in [9.17, 15) is 10.1 Å². The third-order valence-electron chi connectivity index (χ3n) is 3.77. The molecule has 2 atom stereocenters. The summed E-state index contributed by atoms with van der Waals surface area (Å²) in [5.74, 6) is -1.31. The van der Waals surface area contributed by atoms with Crippen LogP contribution in [0.15, 0.2) is 36.4 Å². The molecule has 0 amide bonds. The highest BCUT2D eigenvalue weighted by Crippen LogP contribution is 2.18. The molecule has 1 aromatic carbocycles. The van der Waals surface area contributed by atoms with Gasteiger partial charge in [-0.2, -0.15) is 5.26 Å². The maximum Gasteiger partial charge on any atom is 0.325 e. The number of benzene rings is 1. The van der Waals surface area contributed by atoms with E-state index in [0.29, 0.717) is 26.3 Å². The third kappa shape index (κ3) is 4.92. The minimum Gasteiger partial charge on any atom is -0.465 e. The summed E-state index contributed by atoms with van der Waals surface area (Å²) in [6.45, 7) is 4.63. The van der Waals surface area contributed by atoms with Crippen LogP contribution in [0.4, 0.5) is 0 Å². The summed E-state index contributed by atoms with van der Waals surface area (Å²) in [5.41, 5.74) is 1.03.